The third-order valence-electron chi connectivity index (χ3n) is 3.36. The summed E-state index contributed by atoms with van der Waals surface area (Å²) in [5.41, 5.74) is 1.89. The molecule has 1 aromatic heterocycles. The Bertz CT molecular complexity index is 907. The van der Waals surface area contributed by atoms with Gasteiger partial charge in [-0.05, 0) is 29.8 Å². The fourth-order valence-corrected chi connectivity index (χ4v) is 4.10. The first-order valence-electron chi connectivity index (χ1n) is 7.25. The van der Waals surface area contributed by atoms with E-state index in [4.69, 9.17) is 11.6 Å². The van der Waals surface area contributed by atoms with E-state index in [1.165, 1.54) is 29.0 Å². The summed E-state index contributed by atoms with van der Waals surface area (Å²) in [6.07, 6.45) is 0.745. The number of thiazole rings is 1. The lowest BCUT2D eigenvalue weighted by atomic mass is 10.2. The van der Waals surface area contributed by atoms with Crippen molar-refractivity contribution < 1.29 is 8.42 Å². The van der Waals surface area contributed by atoms with Crippen LogP contribution >= 0.6 is 22.9 Å². The Morgan fingerprint density at radius 3 is 2.46 bits per heavy atom. The van der Waals surface area contributed by atoms with Gasteiger partial charge in [-0.1, -0.05) is 41.9 Å². The number of sulfonamides is 1. The summed E-state index contributed by atoms with van der Waals surface area (Å²) in [6.45, 7) is 0.163. The zero-order valence-electron chi connectivity index (χ0n) is 12.6. The molecule has 3 rings (SSSR count). The molecule has 4 nitrogen and oxygen atoms in total. The van der Waals surface area contributed by atoms with E-state index in [0.29, 0.717) is 10.7 Å². The summed E-state index contributed by atoms with van der Waals surface area (Å²) in [5.74, 6) is 0. The van der Waals surface area contributed by atoms with E-state index < -0.39 is 10.0 Å². The summed E-state index contributed by atoms with van der Waals surface area (Å²) in [4.78, 5) is 4.67. The lowest BCUT2D eigenvalue weighted by Crippen LogP contribution is -2.23. The molecule has 0 amide bonds. The normalized spacial score (nSPS) is 11.5. The molecular weight excluding hydrogens is 364 g/mol. The molecule has 0 bridgehead atoms. The maximum atomic E-state index is 12.2. The van der Waals surface area contributed by atoms with Crippen LogP contribution in [0.15, 0.2) is 64.9 Å². The Morgan fingerprint density at radius 2 is 1.75 bits per heavy atom. The molecule has 0 aliphatic rings. The minimum atomic E-state index is -3.57. The number of halogens is 1. The van der Waals surface area contributed by atoms with Crippen LogP contribution in [0.1, 0.15) is 16.3 Å². The Kier molecular flexibility index (Phi) is 5.30. The van der Waals surface area contributed by atoms with Crippen LogP contribution in [0.4, 0.5) is 0 Å². The van der Waals surface area contributed by atoms with Crippen molar-refractivity contribution in [1.82, 2.24) is 9.71 Å². The molecule has 24 heavy (non-hydrogen) atoms. The molecule has 0 aliphatic heterocycles. The minimum absolute atomic E-state index is 0.163. The average Bonchev–Trinajstić information content (AvgIpc) is 3.02. The first-order chi connectivity index (χ1) is 11.5. The molecule has 0 fully saturated rings. The zero-order chi connectivity index (χ0) is 17.0. The van der Waals surface area contributed by atoms with Gasteiger partial charge in [0.15, 0.2) is 0 Å². The standard InChI is InChI=1S/C17H15ClN2O2S2/c18-14-6-8-16(9-7-14)24(21,22)19-11-15-12-23-17(20-15)10-13-4-2-1-3-5-13/h1-9,12,19H,10-11H2. The van der Waals surface area contributed by atoms with E-state index in [9.17, 15) is 8.42 Å². The number of rotatable bonds is 6. The lowest BCUT2D eigenvalue weighted by molar-refractivity contribution is 0.580. The highest BCUT2D eigenvalue weighted by atomic mass is 35.5. The number of benzene rings is 2. The second-order valence-corrected chi connectivity index (χ2v) is 8.32. The maximum Gasteiger partial charge on any atom is 0.240 e. The molecule has 3 aromatic rings. The van der Waals surface area contributed by atoms with Crippen LogP contribution in [0.2, 0.25) is 5.02 Å². The van der Waals surface area contributed by atoms with Gasteiger partial charge in [0.25, 0.3) is 0 Å². The third kappa shape index (κ3) is 4.42. The van der Waals surface area contributed by atoms with Crippen LogP contribution in [0.25, 0.3) is 0 Å². The predicted molar refractivity (Wildman–Crippen MR) is 96.8 cm³/mol. The Labute approximate surface area is 150 Å². The zero-order valence-corrected chi connectivity index (χ0v) is 15.0. The van der Waals surface area contributed by atoms with Crippen LogP contribution in [0.3, 0.4) is 0 Å². The van der Waals surface area contributed by atoms with Crippen molar-refractivity contribution in [2.75, 3.05) is 0 Å². The predicted octanol–water partition coefficient (Wildman–Crippen LogP) is 3.87. The molecule has 0 radical (unpaired) electrons. The molecule has 0 saturated heterocycles. The van der Waals surface area contributed by atoms with Gasteiger partial charge in [0.1, 0.15) is 0 Å². The molecular formula is C17H15ClN2O2S2. The quantitative estimate of drug-likeness (QED) is 0.708. The Hall–Kier alpha value is -1.73. The first-order valence-corrected chi connectivity index (χ1v) is 9.99. The van der Waals surface area contributed by atoms with Crippen LogP contribution in [-0.4, -0.2) is 13.4 Å². The summed E-state index contributed by atoms with van der Waals surface area (Å²) < 4.78 is 27.0. The van der Waals surface area contributed by atoms with E-state index in [1.54, 1.807) is 12.1 Å². The van der Waals surface area contributed by atoms with Crippen molar-refractivity contribution in [2.45, 2.75) is 17.9 Å². The molecule has 1 N–H and O–H groups in total. The van der Waals surface area contributed by atoms with E-state index in [-0.39, 0.29) is 11.4 Å². The number of hydrogen-bond acceptors (Lipinski definition) is 4. The van der Waals surface area contributed by atoms with Crippen LogP contribution in [-0.2, 0) is 23.0 Å². The highest BCUT2D eigenvalue weighted by molar-refractivity contribution is 7.89. The lowest BCUT2D eigenvalue weighted by Gasteiger charge is -2.05. The van der Waals surface area contributed by atoms with Crippen molar-refractivity contribution >= 4 is 33.0 Å². The maximum absolute atomic E-state index is 12.2. The highest BCUT2D eigenvalue weighted by Crippen LogP contribution is 2.17. The molecule has 0 saturated carbocycles. The summed E-state index contributed by atoms with van der Waals surface area (Å²) in [5, 5.41) is 3.34. The van der Waals surface area contributed by atoms with Gasteiger partial charge in [0.2, 0.25) is 10.0 Å². The van der Waals surface area contributed by atoms with Gasteiger partial charge in [0.05, 0.1) is 22.1 Å². The van der Waals surface area contributed by atoms with Gasteiger partial charge in [-0.15, -0.1) is 11.3 Å². The molecule has 1 heterocycles. The average molecular weight is 379 g/mol. The molecule has 124 valence electrons. The number of hydrogen-bond donors (Lipinski definition) is 1. The van der Waals surface area contributed by atoms with Gasteiger partial charge in [-0.2, -0.15) is 0 Å². The molecule has 0 spiro atoms. The molecule has 0 atom stereocenters. The summed E-state index contributed by atoms with van der Waals surface area (Å²) in [7, 11) is -3.57. The fraction of sp³-hybridized carbons (Fsp3) is 0.118. The van der Waals surface area contributed by atoms with E-state index >= 15 is 0 Å². The largest absolute Gasteiger partial charge is 0.245 e. The Balaban J connectivity index is 1.64. The summed E-state index contributed by atoms with van der Waals surface area (Å²) >= 11 is 7.31. The van der Waals surface area contributed by atoms with Crippen molar-refractivity contribution in [3.8, 4) is 0 Å². The van der Waals surface area contributed by atoms with Crippen molar-refractivity contribution in [1.29, 1.82) is 0 Å². The van der Waals surface area contributed by atoms with Gasteiger partial charge >= 0.3 is 0 Å². The molecule has 0 unspecified atom stereocenters. The van der Waals surface area contributed by atoms with Gasteiger partial charge < -0.3 is 0 Å². The van der Waals surface area contributed by atoms with Gasteiger partial charge in [-0.25, -0.2) is 18.1 Å². The second kappa shape index (κ2) is 7.44. The van der Waals surface area contributed by atoms with Crippen LogP contribution in [0.5, 0.6) is 0 Å². The Morgan fingerprint density at radius 1 is 1.04 bits per heavy atom. The van der Waals surface area contributed by atoms with Crippen molar-refractivity contribution in [3.63, 3.8) is 0 Å². The summed E-state index contributed by atoms with van der Waals surface area (Å²) in [6, 6.07) is 16.1. The van der Waals surface area contributed by atoms with Crippen molar-refractivity contribution in [2.24, 2.45) is 0 Å². The monoisotopic (exact) mass is 378 g/mol. The van der Waals surface area contributed by atoms with Gasteiger partial charge in [0, 0.05) is 16.8 Å². The molecule has 7 heteroatoms. The van der Waals surface area contributed by atoms with Gasteiger partial charge in [-0.3, -0.25) is 0 Å². The first kappa shape index (κ1) is 17.1. The third-order valence-corrected chi connectivity index (χ3v) is 5.93. The van der Waals surface area contributed by atoms with E-state index in [1.807, 2.05) is 35.7 Å². The fourth-order valence-electron chi connectivity index (χ4n) is 2.15. The van der Waals surface area contributed by atoms with Crippen LogP contribution < -0.4 is 4.72 Å². The number of nitrogens with one attached hydrogen (secondary N) is 1. The van der Waals surface area contributed by atoms with E-state index in [0.717, 1.165) is 11.4 Å². The highest BCUT2D eigenvalue weighted by Gasteiger charge is 2.14. The van der Waals surface area contributed by atoms with E-state index in [2.05, 4.69) is 9.71 Å². The van der Waals surface area contributed by atoms with Crippen LogP contribution in [0, 0.1) is 0 Å². The number of nitrogens with zero attached hydrogens (tertiary/aromatic N) is 1. The number of aromatic nitrogens is 1. The topological polar surface area (TPSA) is 59.1 Å². The SMILES string of the molecule is O=S(=O)(NCc1csc(Cc2ccccc2)n1)c1ccc(Cl)cc1. The second-order valence-electron chi connectivity index (χ2n) is 5.17. The van der Waals surface area contributed by atoms with Crippen molar-refractivity contribution in [3.05, 3.63) is 81.3 Å². The minimum Gasteiger partial charge on any atom is -0.245 e. The molecule has 0 aliphatic carbocycles. The molecule has 2 aromatic carbocycles. The smallest absolute Gasteiger partial charge is 0.240 e.